The molecule has 0 aromatic carbocycles. The summed E-state index contributed by atoms with van der Waals surface area (Å²) in [6.07, 6.45) is 7.37. The number of thiazole rings is 1. The Morgan fingerprint density at radius 2 is 2.09 bits per heavy atom. The first kappa shape index (κ1) is 22.3. The van der Waals surface area contributed by atoms with Crippen molar-refractivity contribution in [2.45, 2.75) is 44.3 Å². The van der Waals surface area contributed by atoms with Gasteiger partial charge in [0.2, 0.25) is 11.8 Å². The van der Waals surface area contributed by atoms with Gasteiger partial charge < -0.3 is 10.1 Å². The van der Waals surface area contributed by atoms with Crippen LogP contribution in [0.25, 0.3) is 11.3 Å². The first-order chi connectivity index (χ1) is 15.6. The van der Waals surface area contributed by atoms with Crippen molar-refractivity contribution in [3.8, 4) is 17.1 Å². The maximum Gasteiger partial charge on any atom is 0.234 e. The van der Waals surface area contributed by atoms with Gasteiger partial charge >= 0.3 is 0 Å². The minimum Gasteiger partial charge on any atom is -0.477 e. The van der Waals surface area contributed by atoms with Crippen LogP contribution < -0.4 is 14.8 Å². The van der Waals surface area contributed by atoms with Crippen LogP contribution in [-0.4, -0.2) is 41.9 Å². The van der Waals surface area contributed by atoms with Crippen molar-refractivity contribution in [3.63, 3.8) is 0 Å². The highest BCUT2D eigenvalue weighted by molar-refractivity contribution is 7.87. The van der Waals surface area contributed by atoms with E-state index in [1.54, 1.807) is 24.7 Å². The fourth-order valence-electron chi connectivity index (χ4n) is 3.01. The summed E-state index contributed by atoms with van der Waals surface area (Å²) in [6, 6.07) is 3.54. The molecule has 0 radical (unpaired) electrons. The van der Waals surface area contributed by atoms with Gasteiger partial charge in [0.15, 0.2) is 5.13 Å². The normalized spacial score (nSPS) is 15.1. The van der Waals surface area contributed by atoms with Gasteiger partial charge in [-0.25, -0.2) is 19.2 Å². The highest BCUT2D eigenvalue weighted by atomic mass is 32.2. The van der Waals surface area contributed by atoms with E-state index in [2.05, 4.69) is 30.0 Å². The summed E-state index contributed by atoms with van der Waals surface area (Å²) in [4.78, 5) is 30.2. The Morgan fingerprint density at radius 3 is 2.78 bits per heavy atom. The van der Waals surface area contributed by atoms with Crippen LogP contribution in [0.4, 0.5) is 10.9 Å². The number of hydrogen-bond acceptors (Lipinski definition) is 8. The molecule has 11 heteroatoms. The van der Waals surface area contributed by atoms with Crippen molar-refractivity contribution in [2.24, 2.45) is 0 Å². The Kier molecular flexibility index (Phi) is 7.05. The predicted molar refractivity (Wildman–Crippen MR) is 125 cm³/mol. The molecule has 2 atom stereocenters. The largest absolute Gasteiger partial charge is 0.477 e. The number of ether oxygens (including phenoxy) is 1. The van der Waals surface area contributed by atoms with E-state index in [1.807, 2.05) is 25.3 Å². The van der Waals surface area contributed by atoms with Gasteiger partial charge in [-0.2, -0.15) is 0 Å². The SMILES string of the molecule is CCOc1cncc(-c2ccc(NC(=O)C(CC)c3csc(NS(=O)C4CC4)n3)nc2)n1. The molecule has 0 bridgehead atoms. The third-order valence-corrected chi connectivity index (χ3v) is 7.21. The third-order valence-electron chi connectivity index (χ3n) is 4.83. The number of pyridine rings is 1. The molecule has 1 fully saturated rings. The van der Waals surface area contributed by atoms with Crippen LogP contribution in [0, 0.1) is 0 Å². The van der Waals surface area contributed by atoms with Crippen LogP contribution in [0.5, 0.6) is 5.88 Å². The Balaban J connectivity index is 1.40. The molecule has 4 rings (SSSR count). The molecule has 2 N–H and O–H groups in total. The summed E-state index contributed by atoms with van der Waals surface area (Å²) in [5.41, 5.74) is 2.06. The molecule has 9 nitrogen and oxygen atoms in total. The predicted octanol–water partition coefficient (Wildman–Crippen LogP) is 3.76. The summed E-state index contributed by atoms with van der Waals surface area (Å²) in [5, 5.41) is 5.48. The van der Waals surface area contributed by atoms with Crippen LogP contribution in [0.2, 0.25) is 0 Å². The van der Waals surface area contributed by atoms with Crippen molar-refractivity contribution in [1.82, 2.24) is 19.9 Å². The molecular weight excluding hydrogens is 448 g/mol. The topological polar surface area (TPSA) is 119 Å². The summed E-state index contributed by atoms with van der Waals surface area (Å²) in [7, 11) is -1.11. The molecule has 1 amide bonds. The highest BCUT2D eigenvalue weighted by Gasteiger charge is 2.29. The molecule has 32 heavy (non-hydrogen) atoms. The molecule has 0 saturated heterocycles. The number of anilines is 2. The van der Waals surface area contributed by atoms with Crippen LogP contribution in [-0.2, 0) is 15.8 Å². The first-order valence-electron chi connectivity index (χ1n) is 10.4. The molecule has 3 aromatic rings. The standard InChI is InChI=1S/C21H24N6O3S2/c1-3-15(17-12-31-21(25-17)27-32(29)14-6-7-14)20(28)26-18-8-5-13(9-23-18)16-10-22-11-19(24-16)30-4-2/h5,8-12,14-15H,3-4,6-7H2,1-2H3,(H,25,27)(H,23,26,28). The molecule has 168 valence electrons. The van der Waals surface area contributed by atoms with Crippen molar-refractivity contribution in [1.29, 1.82) is 0 Å². The fraction of sp³-hybridized carbons (Fsp3) is 0.381. The minimum atomic E-state index is -1.11. The molecule has 0 spiro atoms. The Bertz CT molecular complexity index is 1100. The van der Waals surface area contributed by atoms with Gasteiger partial charge in [0.25, 0.3) is 0 Å². The number of carbonyl (C=O) groups excluding carboxylic acids is 1. The molecule has 1 aliphatic rings. The lowest BCUT2D eigenvalue weighted by Crippen LogP contribution is -2.21. The van der Waals surface area contributed by atoms with Gasteiger partial charge in [-0.1, -0.05) is 6.92 Å². The fourth-order valence-corrected chi connectivity index (χ4v) is 5.01. The van der Waals surface area contributed by atoms with Gasteiger partial charge in [0, 0.05) is 17.1 Å². The van der Waals surface area contributed by atoms with Gasteiger partial charge in [-0.05, 0) is 38.3 Å². The maximum atomic E-state index is 12.9. The Labute approximate surface area is 192 Å². The second-order valence-corrected chi connectivity index (χ2v) is 9.56. The van der Waals surface area contributed by atoms with Crippen LogP contribution in [0.3, 0.4) is 0 Å². The van der Waals surface area contributed by atoms with E-state index in [0.717, 1.165) is 18.4 Å². The molecule has 2 unspecified atom stereocenters. The molecule has 3 aromatic heterocycles. The lowest BCUT2D eigenvalue weighted by atomic mass is 10.0. The smallest absolute Gasteiger partial charge is 0.234 e. The second kappa shape index (κ2) is 10.1. The van der Waals surface area contributed by atoms with Crippen LogP contribution in [0.15, 0.2) is 36.1 Å². The molecule has 0 aliphatic heterocycles. The van der Waals surface area contributed by atoms with E-state index in [9.17, 15) is 9.00 Å². The van der Waals surface area contributed by atoms with Crippen molar-refractivity contribution in [2.75, 3.05) is 16.6 Å². The molecule has 1 saturated carbocycles. The van der Waals surface area contributed by atoms with E-state index in [-0.39, 0.29) is 11.2 Å². The van der Waals surface area contributed by atoms with Gasteiger partial charge in [0.1, 0.15) is 16.8 Å². The number of nitrogens with one attached hydrogen (secondary N) is 2. The van der Waals surface area contributed by atoms with Crippen molar-refractivity contribution < 1.29 is 13.7 Å². The van der Waals surface area contributed by atoms with E-state index < -0.39 is 16.9 Å². The minimum absolute atomic E-state index is 0.189. The van der Waals surface area contributed by atoms with Gasteiger partial charge in [-0.15, -0.1) is 11.3 Å². The van der Waals surface area contributed by atoms with E-state index in [0.29, 0.717) is 41.2 Å². The molecule has 1 aliphatic carbocycles. The van der Waals surface area contributed by atoms with Crippen LogP contribution >= 0.6 is 11.3 Å². The average Bonchev–Trinajstić information content (AvgIpc) is 3.56. The summed E-state index contributed by atoms with van der Waals surface area (Å²) >= 11 is 1.36. The summed E-state index contributed by atoms with van der Waals surface area (Å²) < 4.78 is 20.4. The number of carbonyl (C=O) groups is 1. The lowest BCUT2D eigenvalue weighted by molar-refractivity contribution is -0.117. The number of aromatic nitrogens is 4. The van der Waals surface area contributed by atoms with Crippen LogP contribution in [0.1, 0.15) is 44.7 Å². The van der Waals surface area contributed by atoms with Crippen molar-refractivity contribution >= 4 is 39.2 Å². The van der Waals surface area contributed by atoms with Gasteiger partial charge in [0.05, 0.1) is 41.6 Å². The quantitative estimate of drug-likeness (QED) is 0.461. The lowest BCUT2D eigenvalue weighted by Gasteiger charge is -2.13. The summed E-state index contributed by atoms with van der Waals surface area (Å²) in [6.45, 7) is 4.32. The number of hydrogen-bond donors (Lipinski definition) is 2. The molecule has 3 heterocycles. The zero-order valence-electron chi connectivity index (χ0n) is 17.8. The monoisotopic (exact) mass is 472 g/mol. The third kappa shape index (κ3) is 5.46. The zero-order chi connectivity index (χ0) is 22.5. The van der Waals surface area contributed by atoms with Gasteiger partial charge in [-0.3, -0.25) is 14.5 Å². The Morgan fingerprint density at radius 1 is 1.25 bits per heavy atom. The average molecular weight is 473 g/mol. The molecular formula is C21H24N6O3S2. The number of rotatable bonds is 10. The Hall–Kier alpha value is -2.92. The second-order valence-electron chi connectivity index (χ2n) is 7.23. The maximum absolute atomic E-state index is 12.9. The number of amides is 1. The summed E-state index contributed by atoms with van der Waals surface area (Å²) in [5.74, 6) is 0.276. The van der Waals surface area contributed by atoms with E-state index >= 15 is 0 Å². The van der Waals surface area contributed by atoms with E-state index in [1.165, 1.54) is 11.3 Å². The van der Waals surface area contributed by atoms with E-state index in [4.69, 9.17) is 4.74 Å². The van der Waals surface area contributed by atoms with Crippen molar-refractivity contribution in [3.05, 3.63) is 41.8 Å². The number of nitrogens with zero attached hydrogens (tertiary/aromatic N) is 4. The highest BCUT2D eigenvalue weighted by Crippen LogP contribution is 2.30. The zero-order valence-corrected chi connectivity index (χ0v) is 19.4. The first-order valence-corrected chi connectivity index (χ1v) is 12.5.